The maximum Gasteiger partial charge on any atom is 0.272 e. The summed E-state index contributed by atoms with van der Waals surface area (Å²) in [5.74, 6) is 0.560. The molecule has 0 aliphatic rings. The van der Waals surface area contributed by atoms with E-state index in [1.165, 1.54) is 18.3 Å². The van der Waals surface area contributed by atoms with Gasteiger partial charge in [-0.15, -0.1) is 0 Å². The van der Waals surface area contributed by atoms with Crippen molar-refractivity contribution >= 4 is 5.82 Å². The van der Waals surface area contributed by atoms with Gasteiger partial charge in [0.2, 0.25) is 0 Å². The maximum absolute atomic E-state index is 11.6. The average Bonchev–Trinajstić information content (AvgIpc) is 2.01. The number of anilines is 1. The van der Waals surface area contributed by atoms with E-state index >= 15 is 0 Å². The molecule has 0 bridgehead atoms. The van der Waals surface area contributed by atoms with Crippen molar-refractivity contribution in [2.75, 3.05) is 12.3 Å². The number of nitrogens with zero attached hydrogens (tertiary/aromatic N) is 1. The molecule has 12 heavy (non-hydrogen) atoms. The van der Waals surface area contributed by atoms with E-state index in [9.17, 15) is 8.78 Å². The van der Waals surface area contributed by atoms with Gasteiger partial charge in [0.25, 0.3) is 6.43 Å². The van der Waals surface area contributed by atoms with E-state index in [-0.39, 0.29) is 5.82 Å². The van der Waals surface area contributed by atoms with Crippen LogP contribution in [-0.2, 0) is 0 Å². The zero-order valence-corrected chi connectivity index (χ0v) is 6.21. The Balaban J connectivity index is 2.52. The van der Waals surface area contributed by atoms with Crippen LogP contribution in [0.25, 0.3) is 0 Å². The van der Waals surface area contributed by atoms with Crippen LogP contribution >= 0.6 is 0 Å². The van der Waals surface area contributed by atoms with Crippen LogP contribution < -0.4 is 10.5 Å². The Morgan fingerprint density at radius 3 is 2.92 bits per heavy atom. The highest BCUT2D eigenvalue weighted by Crippen LogP contribution is 2.12. The Morgan fingerprint density at radius 1 is 1.58 bits per heavy atom. The molecule has 1 aromatic heterocycles. The van der Waals surface area contributed by atoms with Crippen molar-refractivity contribution in [2.45, 2.75) is 6.43 Å². The topological polar surface area (TPSA) is 48.1 Å². The molecule has 0 saturated heterocycles. The number of ether oxygens (including phenoxy) is 1. The van der Waals surface area contributed by atoms with Gasteiger partial charge in [-0.25, -0.2) is 13.8 Å². The Bertz CT molecular complexity index is 255. The quantitative estimate of drug-likeness (QED) is 0.751. The zero-order valence-electron chi connectivity index (χ0n) is 6.21. The molecular formula is C7H8F2N2O. The highest BCUT2D eigenvalue weighted by Gasteiger charge is 2.03. The van der Waals surface area contributed by atoms with Crippen molar-refractivity contribution in [1.82, 2.24) is 4.98 Å². The van der Waals surface area contributed by atoms with Crippen LogP contribution in [-0.4, -0.2) is 18.0 Å². The first-order chi connectivity index (χ1) is 5.68. The summed E-state index contributed by atoms with van der Waals surface area (Å²) in [6.07, 6.45) is -1.07. The van der Waals surface area contributed by atoms with Crippen molar-refractivity contribution in [3.8, 4) is 5.75 Å². The highest BCUT2D eigenvalue weighted by molar-refractivity contribution is 5.35. The number of pyridine rings is 1. The molecule has 0 spiro atoms. The summed E-state index contributed by atoms with van der Waals surface area (Å²) in [6, 6.07) is 2.86. The molecule has 66 valence electrons. The summed E-state index contributed by atoms with van der Waals surface area (Å²) < 4.78 is 28.0. The predicted molar refractivity (Wildman–Crippen MR) is 40.1 cm³/mol. The summed E-state index contributed by atoms with van der Waals surface area (Å²) >= 11 is 0. The molecule has 0 unspecified atom stereocenters. The van der Waals surface area contributed by atoms with E-state index in [1.54, 1.807) is 0 Å². The first-order valence-electron chi connectivity index (χ1n) is 3.31. The van der Waals surface area contributed by atoms with Crippen LogP contribution in [0.5, 0.6) is 5.75 Å². The van der Waals surface area contributed by atoms with E-state index in [0.29, 0.717) is 5.75 Å². The van der Waals surface area contributed by atoms with Gasteiger partial charge in [0.1, 0.15) is 18.2 Å². The van der Waals surface area contributed by atoms with Gasteiger partial charge in [-0.3, -0.25) is 0 Å². The minimum absolute atomic E-state index is 0.252. The van der Waals surface area contributed by atoms with Crippen molar-refractivity contribution in [3.63, 3.8) is 0 Å². The number of alkyl halides is 2. The molecule has 0 radical (unpaired) electrons. The zero-order chi connectivity index (χ0) is 8.97. The minimum Gasteiger partial charge on any atom is -0.487 e. The van der Waals surface area contributed by atoms with Gasteiger partial charge in [0, 0.05) is 12.3 Å². The molecular weight excluding hydrogens is 166 g/mol. The fraction of sp³-hybridized carbons (Fsp3) is 0.286. The lowest BCUT2D eigenvalue weighted by Gasteiger charge is -2.04. The first-order valence-corrected chi connectivity index (χ1v) is 3.31. The first kappa shape index (κ1) is 8.70. The lowest BCUT2D eigenvalue weighted by Crippen LogP contribution is -2.07. The molecule has 2 N–H and O–H groups in total. The Hall–Kier alpha value is -1.39. The number of hydrogen-bond acceptors (Lipinski definition) is 3. The molecule has 1 heterocycles. The number of nitrogens with two attached hydrogens (primary N) is 1. The third kappa shape index (κ3) is 2.69. The number of hydrogen-bond donors (Lipinski definition) is 1. The lowest BCUT2D eigenvalue weighted by molar-refractivity contribution is 0.0819. The number of rotatable bonds is 3. The van der Waals surface area contributed by atoms with Crippen molar-refractivity contribution < 1.29 is 13.5 Å². The van der Waals surface area contributed by atoms with E-state index in [2.05, 4.69) is 9.72 Å². The number of nitrogen functional groups attached to an aromatic ring is 1. The summed E-state index contributed by atoms with van der Waals surface area (Å²) in [4.78, 5) is 3.68. The fourth-order valence-electron chi connectivity index (χ4n) is 0.677. The fourth-order valence-corrected chi connectivity index (χ4v) is 0.677. The van der Waals surface area contributed by atoms with Gasteiger partial charge in [0.15, 0.2) is 0 Å². The van der Waals surface area contributed by atoms with Crippen molar-refractivity contribution in [3.05, 3.63) is 18.3 Å². The largest absolute Gasteiger partial charge is 0.487 e. The molecule has 1 rings (SSSR count). The molecule has 1 aromatic rings. The molecule has 0 fully saturated rings. The maximum atomic E-state index is 11.6. The minimum atomic E-state index is -2.47. The second kappa shape index (κ2) is 3.85. The van der Waals surface area contributed by atoms with Gasteiger partial charge in [0.05, 0.1) is 0 Å². The monoisotopic (exact) mass is 174 g/mol. The SMILES string of the molecule is Nc1cc(OCC(F)F)ccn1. The smallest absolute Gasteiger partial charge is 0.272 e. The Labute approximate surface area is 68.2 Å². The summed E-state index contributed by atoms with van der Waals surface area (Å²) in [5.41, 5.74) is 5.29. The molecule has 0 aliphatic heterocycles. The van der Waals surface area contributed by atoms with Crippen LogP contribution in [0.1, 0.15) is 0 Å². The number of halogens is 2. The molecule has 0 saturated carbocycles. The second-order valence-electron chi connectivity index (χ2n) is 2.12. The summed E-state index contributed by atoms with van der Waals surface area (Å²) in [7, 11) is 0. The van der Waals surface area contributed by atoms with Gasteiger partial charge in [-0.1, -0.05) is 0 Å². The van der Waals surface area contributed by atoms with Gasteiger partial charge in [-0.05, 0) is 6.07 Å². The van der Waals surface area contributed by atoms with Crippen molar-refractivity contribution in [1.29, 1.82) is 0 Å². The highest BCUT2D eigenvalue weighted by atomic mass is 19.3. The van der Waals surface area contributed by atoms with Crippen LogP contribution in [0.15, 0.2) is 18.3 Å². The summed E-state index contributed by atoms with van der Waals surface area (Å²) in [5, 5.41) is 0. The normalized spacial score (nSPS) is 10.2. The van der Waals surface area contributed by atoms with Crippen LogP contribution in [0, 0.1) is 0 Å². The Morgan fingerprint density at radius 2 is 2.33 bits per heavy atom. The van der Waals surface area contributed by atoms with Crippen LogP contribution in [0.4, 0.5) is 14.6 Å². The summed E-state index contributed by atoms with van der Waals surface area (Å²) in [6.45, 7) is -0.622. The molecule has 0 aliphatic carbocycles. The third-order valence-electron chi connectivity index (χ3n) is 1.13. The molecule has 5 heteroatoms. The van der Waals surface area contributed by atoms with Gasteiger partial charge >= 0.3 is 0 Å². The Kier molecular flexibility index (Phi) is 2.79. The van der Waals surface area contributed by atoms with E-state index < -0.39 is 13.0 Å². The number of aromatic nitrogens is 1. The molecule has 0 aromatic carbocycles. The lowest BCUT2D eigenvalue weighted by atomic mass is 10.4. The average molecular weight is 174 g/mol. The molecule has 3 nitrogen and oxygen atoms in total. The van der Waals surface area contributed by atoms with Gasteiger partial charge in [-0.2, -0.15) is 0 Å². The van der Waals surface area contributed by atoms with Crippen LogP contribution in [0.3, 0.4) is 0 Å². The molecule has 0 amide bonds. The second-order valence-corrected chi connectivity index (χ2v) is 2.12. The van der Waals surface area contributed by atoms with E-state index in [0.717, 1.165) is 0 Å². The van der Waals surface area contributed by atoms with E-state index in [4.69, 9.17) is 5.73 Å². The van der Waals surface area contributed by atoms with Gasteiger partial charge < -0.3 is 10.5 Å². The third-order valence-corrected chi connectivity index (χ3v) is 1.13. The molecule has 0 atom stereocenters. The van der Waals surface area contributed by atoms with Crippen LogP contribution in [0.2, 0.25) is 0 Å². The van der Waals surface area contributed by atoms with Crippen molar-refractivity contribution in [2.24, 2.45) is 0 Å². The predicted octanol–water partition coefficient (Wildman–Crippen LogP) is 1.31. The van der Waals surface area contributed by atoms with E-state index in [1.807, 2.05) is 0 Å². The standard InChI is InChI=1S/C7H8F2N2O/c8-6(9)4-12-5-1-2-11-7(10)3-5/h1-3,6H,4H2,(H2,10,11).